The molecule has 114 valence electrons. The SMILES string of the molecule is Cc1cccc(C2CC[C@@H]3CC(C)(C(C)(F)F)C(=O)N23)c1. The number of nitrogens with zero attached hydrogens (tertiary/aromatic N) is 1. The Hall–Kier alpha value is -1.45. The molecule has 1 aromatic carbocycles. The Kier molecular flexibility index (Phi) is 3.12. The first-order valence-electron chi connectivity index (χ1n) is 7.51. The summed E-state index contributed by atoms with van der Waals surface area (Å²) in [5, 5.41) is 0. The van der Waals surface area contributed by atoms with Gasteiger partial charge < -0.3 is 4.90 Å². The van der Waals surface area contributed by atoms with Crippen molar-refractivity contribution in [3.8, 4) is 0 Å². The predicted octanol–water partition coefficient (Wildman–Crippen LogP) is 4.09. The summed E-state index contributed by atoms with van der Waals surface area (Å²) in [7, 11) is 0. The highest BCUT2D eigenvalue weighted by atomic mass is 19.3. The monoisotopic (exact) mass is 293 g/mol. The number of benzene rings is 1. The van der Waals surface area contributed by atoms with Gasteiger partial charge in [-0.2, -0.15) is 0 Å². The fourth-order valence-electron chi connectivity index (χ4n) is 3.81. The molecule has 0 bridgehead atoms. The number of halogens is 2. The van der Waals surface area contributed by atoms with Gasteiger partial charge in [0.25, 0.3) is 5.92 Å². The maximum Gasteiger partial charge on any atom is 0.259 e. The molecule has 4 heteroatoms. The molecule has 3 rings (SSSR count). The number of alkyl halides is 2. The molecule has 1 amide bonds. The first-order valence-corrected chi connectivity index (χ1v) is 7.51. The van der Waals surface area contributed by atoms with Gasteiger partial charge >= 0.3 is 0 Å². The van der Waals surface area contributed by atoms with Crippen LogP contribution in [0.15, 0.2) is 24.3 Å². The van der Waals surface area contributed by atoms with Crippen molar-refractivity contribution < 1.29 is 13.6 Å². The van der Waals surface area contributed by atoms with Crippen molar-refractivity contribution >= 4 is 5.91 Å². The van der Waals surface area contributed by atoms with Crippen LogP contribution < -0.4 is 0 Å². The number of amides is 1. The molecular formula is C17H21F2NO. The highest BCUT2D eigenvalue weighted by molar-refractivity contribution is 5.87. The van der Waals surface area contributed by atoms with Crippen molar-refractivity contribution in [2.45, 2.75) is 58.0 Å². The zero-order valence-corrected chi connectivity index (χ0v) is 12.7. The average Bonchev–Trinajstić information content (AvgIpc) is 2.89. The van der Waals surface area contributed by atoms with E-state index in [0.717, 1.165) is 30.9 Å². The van der Waals surface area contributed by atoms with E-state index in [1.165, 1.54) is 6.92 Å². The Morgan fingerprint density at radius 3 is 2.67 bits per heavy atom. The van der Waals surface area contributed by atoms with E-state index in [4.69, 9.17) is 0 Å². The van der Waals surface area contributed by atoms with Crippen molar-refractivity contribution in [3.63, 3.8) is 0 Å². The maximum atomic E-state index is 13.9. The molecule has 3 atom stereocenters. The van der Waals surface area contributed by atoms with Crippen LogP contribution in [0.25, 0.3) is 0 Å². The zero-order valence-electron chi connectivity index (χ0n) is 12.7. The normalized spacial score (nSPS) is 32.6. The van der Waals surface area contributed by atoms with Crippen molar-refractivity contribution in [1.82, 2.24) is 4.90 Å². The molecule has 2 aliphatic heterocycles. The van der Waals surface area contributed by atoms with Crippen molar-refractivity contribution in [2.24, 2.45) is 5.41 Å². The molecule has 2 fully saturated rings. The molecule has 21 heavy (non-hydrogen) atoms. The van der Waals surface area contributed by atoms with Crippen LogP contribution in [0.5, 0.6) is 0 Å². The minimum Gasteiger partial charge on any atom is -0.332 e. The second-order valence-corrected chi connectivity index (χ2v) is 6.80. The third kappa shape index (κ3) is 2.07. The topological polar surface area (TPSA) is 20.3 Å². The minimum atomic E-state index is -2.98. The van der Waals surface area contributed by atoms with Crippen molar-refractivity contribution in [2.75, 3.05) is 0 Å². The van der Waals surface area contributed by atoms with Gasteiger partial charge in [-0.05, 0) is 38.7 Å². The number of fused-ring (bicyclic) bond motifs is 1. The van der Waals surface area contributed by atoms with E-state index < -0.39 is 11.3 Å². The van der Waals surface area contributed by atoms with Gasteiger partial charge in [-0.25, -0.2) is 8.78 Å². The van der Waals surface area contributed by atoms with Gasteiger partial charge in [-0.3, -0.25) is 4.79 Å². The van der Waals surface area contributed by atoms with Crippen LogP contribution in [-0.4, -0.2) is 22.8 Å². The Labute approximate surface area is 124 Å². The molecule has 0 saturated carbocycles. The molecule has 1 aromatic rings. The van der Waals surface area contributed by atoms with Crippen molar-refractivity contribution in [3.05, 3.63) is 35.4 Å². The molecular weight excluding hydrogens is 272 g/mol. The number of carbonyl (C=O) groups excluding carboxylic acids is 1. The molecule has 0 aliphatic carbocycles. The summed E-state index contributed by atoms with van der Waals surface area (Å²) >= 11 is 0. The third-order valence-corrected chi connectivity index (χ3v) is 5.25. The van der Waals surface area contributed by atoms with E-state index >= 15 is 0 Å². The average molecular weight is 293 g/mol. The summed E-state index contributed by atoms with van der Waals surface area (Å²) < 4.78 is 27.8. The fourth-order valence-corrected chi connectivity index (χ4v) is 3.81. The van der Waals surface area contributed by atoms with E-state index in [1.807, 2.05) is 25.1 Å². The van der Waals surface area contributed by atoms with Gasteiger partial charge in [-0.1, -0.05) is 29.8 Å². The first kappa shape index (κ1) is 14.5. The lowest BCUT2D eigenvalue weighted by molar-refractivity contribution is -0.156. The van der Waals surface area contributed by atoms with E-state index in [-0.39, 0.29) is 24.4 Å². The number of aryl methyl sites for hydroxylation is 1. The molecule has 2 nitrogen and oxygen atoms in total. The summed E-state index contributed by atoms with van der Waals surface area (Å²) in [5.74, 6) is -3.37. The predicted molar refractivity (Wildman–Crippen MR) is 77.1 cm³/mol. The van der Waals surface area contributed by atoms with Gasteiger partial charge in [0.15, 0.2) is 0 Å². The van der Waals surface area contributed by atoms with Crippen LogP contribution in [0.1, 0.15) is 50.3 Å². The van der Waals surface area contributed by atoms with Gasteiger partial charge in [0.2, 0.25) is 5.91 Å². The van der Waals surface area contributed by atoms with E-state index in [1.54, 1.807) is 4.90 Å². The van der Waals surface area contributed by atoms with E-state index in [9.17, 15) is 13.6 Å². The molecule has 2 saturated heterocycles. The smallest absolute Gasteiger partial charge is 0.259 e. The van der Waals surface area contributed by atoms with Gasteiger partial charge in [-0.15, -0.1) is 0 Å². The lowest BCUT2D eigenvalue weighted by atomic mass is 9.80. The molecule has 0 radical (unpaired) electrons. The van der Waals surface area contributed by atoms with E-state index in [2.05, 4.69) is 6.07 Å². The fraction of sp³-hybridized carbons (Fsp3) is 0.588. The molecule has 2 aliphatic rings. The lowest BCUT2D eigenvalue weighted by Gasteiger charge is -2.31. The highest BCUT2D eigenvalue weighted by Crippen LogP contribution is 2.54. The minimum absolute atomic E-state index is 0.0427. The summed E-state index contributed by atoms with van der Waals surface area (Å²) in [5.41, 5.74) is 0.640. The first-order chi connectivity index (χ1) is 9.74. The maximum absolute atomic E-state index is 13.9. The number of hydrogen-bond acceptors (Lipinski definition) is 1. The molecule has 0 aromatic heterocycles. The zero-order chi connectivity index (χ0) is 15.4. The Morgan fingerprint density at radius 1 is 1.33 bits per heavy atom. The molecule has 2 unspecified atom stereocenters. The van der Waals surface area contributed by atoms with E-state index in [0.29, 0.717) is 0 Å². The quantitative estimate of drug-likeness (QED) is 0.804. The molecule has 2 heterocycles. The van der Waals surface area contributed by atoms with Crippen LogP contribution in [0.3, 0.4) is 0 Å². The molecule has 0 spiro atoms. The summed E-state index contributed by atoms with van der Waals surface area (Å²) in [4.78, 5) is 14.4. The van der Waals surface area contributed by atoms with Crippen LogP contribution in [0.4, 0.5) is 8.78 Å². The van der Waals surface area contributed by atoms with Crippen LogP contribution in [-0.2, 0) is 4.79 Å². The van der Waals surface area contributed by atoms with Crippen LogP contribution in [0, 0.1) is 12.3 Å². The second kappa shape index (κ2) is 4.52. The second-order valence-electron chi connectivity index (χ2n) is 6.80. The Bertz CT molecular complexity index is 580. The number of rotatable bonds is 2. The Morgan fingerprint density at radius 2 is 2.05 bits per heavy atom. The van der Waals surface area contributed by atoms with Crippen LogP contribution in [0.2, 0.25) is 0 Å². The lowest BCUT2D eigenvalue weighted by Crippen LogP contribution is -2.44. The van der Waals surface area contributed by atoms with Gasteiger partial charge in [0.05, 0.1) is 6.04 Å². The summed E-state index contributed by atoms with van der Waals surface area (Å²) in [6, 6.07) is 7.93. The Balaban J connectivity index is 1.95. The van der Waals surface area contributed by atoms with Gasteiger partial charge in [0, 0.05) is 13.0 Å². The third-order valence-electron chi connectivity index (χ3n) is 5.25. The van der Waals surface area contributed by atoms with Crippen molar-refractivity contribution in [1.29, 1.82) is 0 Å². The largest absolute Gasteiger partial charge is 0.332 e. The number of carbonyl (C=O) groups is 1. The summed E-state index contributed by atoms with van der Waals surface area (Å²) in [6.45, 7) is 4.29. The standard InChI is InChI=1S/C17H21F2NO/c1-11-5-4-6-12(9-11)14-8-7-13-10-16(2,17(3,18)19)15(21)20(13)14/h4-6,9,13-14H,7-8,10H2,1-3H3/t13-,14?,16?/m1/s1. The van der Waals surface area contributed by atoms with Gasteiger partial charge in [0.1, 0.15) is 5.41 Å². The summed E-state index contributed by atoms with van der Waals surface area (Å²) in [6.07, 6.45) is 1.94. The number of hydrogen-bond donors (Lipinski definition) is 0. The van der Waals surface area contributed by atoms with Crippen LogP contribution >= 0.6 is 0 Å². The molecule has 0 N–H and O–H groups in total. The highest BCUT2D eigenvalue weighted by Gasteiger charge is 2.62.